The van der Waals surface area contributed by atoms with Crippen LogP contribution in [0.15, 0.2) is 18.2 Å². The van der Waals surface area contributed by atoms with Gasteiger partial charge < -0.3 is 5.73 Å². The second-order valence-corrected chi connectivity index (χ2v) is 3.51. The van der Waals surface area contributed by atoms with E-state index in [1.165, 1.54) is 11.6 Å². The lowest BCUT2D eigenvalue weighted by Crippen LogP contribution is -2.02. The molecule has 0 amide bonds. The molecule has 0 unspecified atom stereocenters. The molecule has 0 radical (unpaired) electrons. The van der Waals surface area contributed by atoms with Crippen LogP contribution in [-0.2, 0) is 0 Å². The van der Waals surface area contributed by atoms with Crippen LogP contribution in [-0.4, -0.2) is 6.04 Å². The van der Waals surface area contributed by atoms with Crippen LogP contribution < -0.4 is 5.73 Å². The number of nitrogens with two attached hydrogens (primary N) is 1. The van der Waals surface area contributed by atoms with Crippen molar-refractivity contribution in [2.24, 2.45) is 5.73 Å². The minimum Gasteiger partial charge on any atom is -0.327 e. The van der Waals surface area contributed by atoms with Gasteiger partial charge in [0.25, 0.3) is 0 Å². The van der Waals surface area contributed by atoms with Gasteiger partial charge in [0, 0.05) is 12.0 Å². The third-order valence-corrected chi connectivity index (χ3v) is 2.47. The largest absolute Gasteiger partial charge is 0.327 e. The van der Waals surface area contributed by atoms with Crippen molar-refractivity contribution in [3.05, 3.63) is 35.1 Å². The summed E-state index contributed by atoms with van der Waals surface area (Å²) in [5.74, 6) is 0.316. The maximum Gasteiger partial charge on any atom is 0.123 e. The number of aryl methyl sites for hydroxylation is 1. The quantitative estimate of drug-likeness (QED) is 0.676. The van der Waals surface area contributed by atoms with Gasteiger partial charge in [0.15, 0.2) is 0 Å². The first-order valence-electron chi connectivity index (χ1n) is 4.20. The third-order valence-electron chi connectivity index (χ3n) is 2.47. The molecule has 1 saturated carbocycles. The number of hydrogen-bond acceptors (Lipinski definition) is 1. The van der Waals surface area contributed by atoms with E-state index < -0.39 is 0 Å². The van der Waals surface area contributed by atoms with Gasteiger partial charge in [0.05, 0.1) is 0 Å². The Morgan fingerprint density at radius 3 is 2.67 bits per heavy atom. The summed E-state index contributed by atoms with van der Waals surface area (Å²) in [5.41, 5.74) is 7.94. The van der Waals surface area contributed by atoms with E-state index in [4.69, 9.17) is 5.73 Å². The molecule has 1 aromatic rings. The molecule has 2 heteroatoms. The van der Waals surface area contributed by atoms with Gasteiger partial charge in [-0.3, -0.25) is 0 Å². The molecule has 1 aliphatic rings. The van der Waals surface area contributed by atoms with Crippen molar-refractivity contribution in [2.75, 3.05) is 0 Å². The average Bonchev–Trinajstić information content (AvgIpc) is 2.66. The predicted molar refractivity (Wildman–Crippen MR) is 46.5 cm³/mol. The molecule has 1 aromatic carbocycles. The van der Waals surface area contributed by atoms with Crippen LogP contribution in [0.5, 0.6) is 0 Å². The fourth-order valence-electron chi connectivity index (χ4n) is 1.63. The summed E-state index contributed by atoms with van der Waals surface area (Å²) < 4.78 is 12.7. The van der Waals surface area contributed by atoms with Crippen molar-refractivity contribution >= 4 is 0 Å². The fourth-order valence-corrected chi connectivity index (χ4v) is 1.63. The Bertz CT molecular complexity index is 309. The van der Waals surface area contributed by atoms with Crippen molar-refractivity contribution in [3.8, 4) is 0 Å². The number of hydrogen-bond donors (Lipinski definition) is 1. The molecule has 2 rings (SSSR count). The molecule has 12 heavy (non-hydrogen) atoms. The molecule has 2 N–H and O–H groups in total. The lowest BCUT2D eigenvalue weighted by atomic mass is 10.0. The van der Waals surface area contributed by atoms with Gasteiger partial charge in [-0.05, 0) is 36.6 Å². The van der Waals surface area contributed by atoms with Gasteiger partial charge in [-0.1, -0.05) is 6.07 Å². The zero-order chi connectivity index (χ0) is 8.72. The second kappa shape index (κ2) is 2.56. The van der Waals surface area contributed by atoms with E-state index >= 15 is 0 Å². The van der Waals surface area contributed by atoms with Gasteiger partial charge in [-0.2, -0.15) is 0 Å². The van der Waals surface area contributed by atoms with Gasteiger partial charge >= 0.3 is 0 Å². The maximum atomic E-state index is 12.7. The molecule has 0 spiro atoms. The minimum absolute atomic E-state index is 0.162. The molecule has 1 fully saturated rings. The summed E-state index contributed by atoms with van der Waals surface area (Å²) in [6.07, 6.45) is 1.05. The summed E-state index contributed by atoms with van der Waals surface area (Å²) in [4.78, 5) is 0. The van der Waals surface area contributed by atoms with Crippen LogP contribution in [0.1, 0.15) is 23.5 Å². The number of benzene rings is 1. The Labute approximate surface area is 71.4 Å². The zero-order valence-electron chi connectivity index (χ0n) is 7.05. The topological polar surface area (TPSA) is 26.0 Å². The van der Waals surface area contributed by atoms with Crippen molar-refractivity contribution < 1.29 is 4.39 Å². The van der Waals surface area contributed by atoms with Crippen molar-refractivity contribution in [2.45, 2.75) is 25.3 Å². The van der Waals surface area contributed by atoms with E-state index in [1.54, 1.807) is 6.07 Å². The van der Waals surface area contributed by atoms with E-state index in [2.05, 4.69) is 0 Å². The van der Waals surface area contributed by atoms with Crippen LogP contribution in [0, 0.1) is 12.7 Å². The lowest BCUT2D eigenvalue weighted by Gasteiger charge is -2.03. The standard InChI is InChI=1S/C10H12FN/c1-6-4-7(11)2-3-8(6)9-5-10(9)12/h2-4,9-10H,5,12H2,1H3/t9-,10+/m1/s1. The zero-order valence-corrected chi connectivity index (χ0v) is 7.05. The highest BCUT2D eigenvalue weighted by atomic mass is 19.1. The van der Waals surface area contributed by atoms with Crippen LogP contribution >= 0.6 is 0 Å². The summed E-state index contributed by atoms with van der Waals surface area (Å²) in [6.45, 7) is 1.93. The van der Waals surface area contributed by atoms with Gasteiger partial charge in [-0.15, -0.1) is 0 Å². The highest BCUT2D eigenvalue weighted by Crippen LogP contribution is 2.40. The van der Waals surface area contributed by atoms with Crippen LogP contribution in [0.2, 0.25) is 0 Å². The molecular weight excluding hydrogens is 153 g/mol. The molecule has 0 bridgehead atoms. The van der Waals surface area contributed by atoms with Gasteiger partial charge in [0.1, 0.15) is 5.82 Å². The highest BCUT2D eigenvalue weighted by molar-refractivity contribution is 5.35. The molecular formula is C10H12FN. The SMILES string of the molecule is Cc1cc(F)ccc1[C@H]1C[C@@H]1N. The number of halogens is 1. The van der Waals surface area contributed by atoms with Gasteiger partial charge in [0.2, 0.25) is 0 Å². The second-order valence-electron chi connectivity index (χ2n) is 3.51. The maximum absolute atomic E-state index is 12.7. The van der Waals surface area contributed by atoms with E-state index in [0.29, 0.717) is 12.0 Å². The van der Waals surface area contributed by atoms with Crippen LogP contribution in [0.25, 0.3) is 0 Å². The Kier molecular flexibility index (Phi) is 1.65. The molecule has 1 aliphatic carbocycles. The summed E-state index contributed by atoms with van der Waals surface area (Å²) in [6, 6.07) is 5.23. The first-order chi connectivity index (χ1) is 5.68. The summed E-state index contributed by atoms with van der Waals surface area (Å²) >= 11 is 0. The van der Waals surface area contributed by atoms with E-state index in [-0.39, 0.29) is 5.82 Å². The van der Waals surface area contributed by atoms with Crippen LogP contribution in [0.4, 0.5) is 4.39 Å². The normalized spacial score (nSPS) is 27.2. The molecule has 0 aliphatic heterocycles. The lowest BCUT2D eigenvalue weighted by molar-refractivity contribution is 0.625. The molecule has 2 atom stereocenters. The highest BCUT2D eigenvalue weighted by Gasteiger charge is 2.35. The number of rotatable bonds is 1. The predicted octanol–water partition coefficient (Wildman–Crippen LogP) is 1.95. The minimum atomic E-state index is -0.162. The summed E-state index contributed by atoms with van der Waals surface area (Å²) in [5, 5.41) is 0. The first-order valence-corrected chi connectivity index (χ1v) is 4.20. The molecule has 0 saturated heterocycles. The molecule has 0 aromatic heterocycles. The van der Waals surface area contributed by atoms with Crippen LogP contribution in [0.3, 0.4) is 0 Å². The molecule has 0 heterocycles. The van der Waals surface area contributed by atoms with E-state index in [0.717, 1.165) is 12.0 Å². The average molecular weight is 165 g/mol. The monoisotopic (exact) mass is 165 g/mol. The van der Waals surface area contributed by atoms with Gasteiger partial charge in [-0.25, -0.2) is 4.39 Å². The Balaban J connectivity index is 2.33. The molecule has 64 valence electrons. The third kappa shape index (κ3) is 1.23. The Morgan fingerprint density at radius 2 is 2.17 bits per heavy atom. The van der Waals surface area contributed by atoms with Crippen molar-refractivity contribution in [3.63, 3.8) is 0 Å². The Hall–Kier alpha value is -0.890. The van der Waals surface area contributed by atoms with Crippen molar-refractivity contribution in [1.82, 2.24) is 0 Å². The fraction of sp³-hybridized carbons (Fsp3) is 0.400. The summed E-state index contributed by atoms with van der Waals surface area (Å²) in [7, 11) is 0. The Morgan fingerprint density at radius 1 is 1.50 bits per heavy atom. The van der Waals surface area contributed by atoms with Crippen molar-refractivity contribution in [1.29, 1.82) is 0 Å². The first kappa shape index (κ1) is 7.74. The molecule has 1 nitrogen and oxygen atoms in total. The van der Waals surface area contributed by atoms with E-state index in [1.807, 2.05) is 13.0 Å². The van der Waals surface area contributed by atoms with E-state index in [9.17, 15) is 4.39 Å². The smallest absolute Gasteiger partial charge is 0.123 e.